The van der Waals surface area contributed by atoms with Crippen LogP contribution in [0.25, 0.3) is 16.9 Å². The Morgan fingerprint density at radius 2 is 1.72 bits per heavy atom. The zero-order valence-corrected chi connectivity index (χ0v) is 15.7. The van der Waals surface area contributed by atoms with Crippen molar-refractivity contribution in [2.45, 2.75) is 6.92 Å². The summed E-state index contributed by atoms with van der Waals surface area (Å²) in [4.78, 5) is 27.7. The van der Waals surface area contributed by atoms with Gasteiger partial charge in [-0.15, -0.1) is 0 Å². The van der Waals surface area contributed by atoms with Crippen LogP contribution in [0.1, 0.15) is 26.4 Å². The molecule has 2 amide bonds. The first kappa shape index (κ1) is 18.2. The Kier molecular flexibility index (Phi) is 4.94. The van der Waals surface area contributed by atoms with Crippen molar-refractivity contribution in [3.63, 3.8) is 0 Å². The van der Waals surface area contributed by atoms with Gasteiger partial charge in [-0.25, -0.2) is 4.68 Å². The molecule has 0 saturated carbocycles. The van der Waals surface area contributed by atoms with Crippen LogP contribution in [0.3, 0.4) is 0 Å². The number of amides is 2. The van der Waals surface area contributed by atoms with Gasteiger partial charge in [0, 0.05) is 18.0 Å². The van der Waals surface area contributed by atoms with Crippen molar-refractivity contribution in [3.8, 4) is 16.9 Å². The zero-order valence-electron chi connectivity index (χ0n) is 15.7. The van der Waals surface area contributed by atoms with Gasteiger partial charge >= 0.3 is 0 Å². The van der Waals surface area contributed by atoms with E-state index < -0.39 is 11.8 Å². The quantitative estimate of drug-likeness (QED) is 0.471. The highest BCUT2D eigenvalue weighted by Crippen LogP contribution is 2.24. The van der Waals surface area contributed by atoms with Crippen LogP contribution < -0.4 is 10.9 Å². The number of benzene rings is 2. The number of rotatable bonds is 4. The van der Waals surface area contributed by atoms with Gasteiger partial charge in [-0.3, -0.25) is 20.4 Å². The van der Waals surface area contributed by atoms with E-state index in [9.17, 15) is 9.59 Å². The van der Waals surface area contributed by atoms with Crippen LogP contribution in [0.4, 0.5) is 0 Å². The third-order valence-electron chi connectivity index (χ3n) is 4.40. The maximum absolute atomic E-state index is 12.9. The molecule has 2 aromatic carbocycles. The number of nitrogens with one attached hydrogen (secondary N) is 3. The molecule has 0 fully saturated rings. The Balaban J connectivity index is 1.66. The summed E-state index contributed by atoms with van der Waals surface area (Å²) in [5.41, 5.74) is 8.82. The van der Waals surface area contributed by atoms with Crippen LogP contribution in [0.5, 0.6) is 0 Å². The van der Waals surface area contributed by atoms with Crippen LogP contribution >= 0.6 is 0 Å². The molecule has 3 N–H and O–H groups in total. The number of aromatic amines is 1. The molecule has 0 bridgehead atoms. The SMILES string of the molecule is Cc1cccc(-c2nn(-c3ccccc3)cc2C(=O)NNC(=O)c2ccc[nH]2)c1. The second kappa shape index (κ2) is 7.85. The lowest BCUT2D eigenvalue weighted by Crippen LogP contribution is -2.41. The summed E-state index contributed by atoms with van der Waals surface area (Å²) in [6.45, 7) is 1.98. The number of nitrogens with zero attached hydrogens (tertiary/aromatic N) is 2. The smallest absolute Gasteiger partial charge is 0.286 e. The normalized spacial score (nSPS) is 10.5. The molecular formula is C22H19N5O2. The lowest BCUT2D eigenvalue weighted by atomic mass is 10.1. The lowest BCUT2D eigenvalue weighted by Gasteiger charge is -2.07. The summed E-state index contributed by atoms with van der Waals surface area (Å²) in [6.07, 6.45) is 3.29. The van der Waals surface area contributed by atoms with Crippen molar-refractivity contribution < 1.29 is 9.59 Å². The van der Waals surface area contributed by atoms with Crippen molar-refractivity contribution in [2.24, 2.45) is 0 Å². The predicted octanol–water partition coefficient (Wildman–Crippen LogP) is 3.25. The van der Waals surface area contributed by atoms with Crippen molar-refractivity contribution in [3.05, 3.63) is 95.9 Å². The lowest BCUT2D eigenvalue weighted by molar-refractivity contribution is 0.0844. The summed E-state index contributed by atoms with van der Waals surface area (Å²) in [7, 11) is 0. The summed E-state index contributed by atoms with van der Waals surface area (Å²) >= 11 is 0. The third-order valence-corrected chi connectivity index (χ3v) is 4.40. The molecule has 0 atom stereocenters. The van der Waals surface area contributed by atoms with Crippen LogP contribution in [0, 0.1) is 6.92 Å². The van der Waals surface area contributed by atoms with E-state index in [1.54, 1.807) is 29.2 Å². The topological polar surface area (TPSA) is 91.8 Å². The van der Waals surface area contributed by atoms with Gasteiger partial charge in [0.2, 0.25) is 0 Å². The average molecular weight is 385 g/mol. The molecule has 2 heterocycles. The molecule has 4 rings (SSSR count). The first-order valence-electron chi connectivity index (χ1n) is 9.08. The van der Waals surface area contributed by atoms with Crippen LogP contribution in [0.2, 0.25) is 0 Å². The first-order chi connectivity index (χ1) is 14.1. The molecule has 0 radical (unpaired) electrons. The summed E-state index contributed by atoms with van der Waals surface area (Å²) in [5, 5.41) is 4.63. The molecule has 7 heteroatoms. The van der Waals surface area contributed by atoms with Crippen molar-refractivity contribution in [2.75, 3.05) is 0 Å². The number of para-hydroxylation sites is 1. The molecule has 0 unspecified atom stereocenters. The van der Waals surface area contributed by atoms with Gasteiger partial charge in [-0.2, -0.15) is 5.10 Å². The van der Waals surface area contributed by atoms with Gasteiger partial charge in [0.15, 0.2) is 0 Å². The predicted molar refractivity (Wildman–Crippen MR) is 109 cm³/mol. The van der Waals surface area contributed by atoms with E-state index in [1.807, 2.05) is 61.5 Å². The van der Waals surface area contributed by atoms with E-state index in [1.165, 1.54) is 0 Å². The number of hydrogen-bond donors (Lipinski definition) is 3. The number of hydrazine groups is 1. The summed E-state index contributed by atoms with van der Waals surface area (Å²) < 4.78 is 1.65. The molecule has 4 aromatic rings. The maximum Gasteiger partial charge on any atom is 0.286 e. The van der Waals surface area contributed by atoms with Gasteiger partial charge < -0.3 is 4.98 Å². The van der Waals surface area contributed by atoms with E-state index in [0.717, 1.165) is 16.8 Å². The number of aromatic nitrogens is 3. The van der Waals surface area contributed by atoms with Crippen LogP contribution in [-0.4, -0.2) is 26.6 Å². The highest BCUT2D eigenvalue weighted by atomic mass is 16.2. The number of aryl methyl sites for hydroxylation is 1. The molecule has 29 heavy (non-hydrogen) atoms. The van der Waals surface area contributed by atoms with Gasteiger partial charge in [0.1, 0.15) is 11.4 Å². The Hall–Kier alpha value is -4.13. The Bertz CT molecular complexity index is 1150. The standard InChI is InChI=1S/C22H19N5O2/c1-15-7-5-8-16(13-15)20-18(14-27(26-20)17-9-3-2-4-10-17)21(28)24-25-22(29)19-11-6-12-23-19/h2-14,23H,1H3,(H,24,28)(H,25,29). The van der Waals surface area contributed by atoms with Gasteiger partial charge in [-0.1, -0.05) is 42.0 Å². The molecule has 0 spiro atoms. The molecular weight excluding hydrogens is 366 g/mol. The maximum atomic E-state index is 12.9. The third kappa shape index (κ3) is 3.93. The minimum atomic E-state index is -0.455. The van der Waals surface area contributed by atoms with Crippen molar-refractivity contribution >= 4 is 11.8 Å². The van der Waals surface area contributed by atoms with Gasteiger partial charge in [0.25, 0.3) is 11.8 Å². The molecule has 0 aliphatic carbocycles. The first-order valence-corrected chi connectivity index (χ1v) is 9.08. The zero-order chi connectivity index (χ0) is 20.2. The minimum Gasteiger partial charge on any atom is -0.357 e. The number of carbonyl (C=O) groups excluding carboxylic acids is 2. The molecule has 144 valence electrons. The molecule has 0 aliphatic rings. The van der Waals surface area contributed by atoms with E-state index in [4.69, 9.17) is 0 Å². The van der Waals surface area contributed by atoms with Crippen LogP contribution in [0.15, 0.2) is 79.1 Å². The van der Waals surface area contributed by atoms with Crippen LogP contribution in [-0.2, 0) is 0 Å². The summed E-state index contributed by atoms with van der Waals surface area (Å²) in [6, 6.07) is 20.6. The molecule has 2 aromatic heterocycles. The number of carbonyl (C=O) groups is 2. The Morgan fingerprint density at radius 3 is 2.45 bits per heavy atom. The van der Waals surface area contributed by atoms with Gasteiger partial charge in [-0.05, 0) is 37.3 Å². The minimum absolute atomic E-state index is 0.351. The van der Waals surface area contributed by atoms with Gasteiger partial charge in [0.05, 0.1) is 11.3 Å². The van der Waals surface area contributed by atoms with E-state index in [0.29, 0.717) is 17.0 Å². The van der Waals surface area contributed by atoms with E-state index >= 15 is 0 Å². The molecule has 7 nitrogen and oxygen atoms in total. The monoisotopic (exact) mass is 385 g/mol. The second-order valence-corrected chi connectivity index (χ2v) is 6.53. The Morgan fingerprint density at radius 1 is 0.931 bits per heavy atom. The molecule has 0 saturated heterocycles. The van der Waals surface area contributed by atoms with Crippen molar-refractivity contribution in [1.29, 1.82) is 0 Å². The fourth-order valence-electron chi connectivity index (χ4n) is 2.98. The highest BCUT2D eigenvalue weighted by Gasteiger charge is 2.19. The molecule has 0 aliphatic heterocycles. The Labute approximate surface area is 167 Å². The highest BCUT2D eigenvalue weighted by molar-refractivity contribution is 6.02. The number of H-pyrrole nitrogens is 1. The second-order valence-electron chi connectivity index (χ2n) is 6.53. The summed E-state index contributed by atoms with van der Waals surface area (Å²) in [5.74, 6) is -0.889. The van der Waals surface area contributed by atoms with Crippen molar-refractivity contribution in [1.82, 2.24) is 25.6 Å². The fraction of sp³-hybridized carbons (Fsp3) is 0.0455. The fourth-order valence-corrected chi connectivity index (χ4v) is 2.98. The average Bonchev–Trinajstić information content (AvgIpc) is 3.43. The van der Waals surface area contributed by atoms with E-state index in [-0.39, 0.29) is 0 Å². The largest absolute Gasteiger partial charge is 0.357 e. The number of hydrogen-bond acceptors (Lipinski definition) is 3. The van der Waals surface area contributed by atoms with E-state index in [2.05, 4.69) is 20.9 Å².